The quantitative estimate of drug-likeness (QED) is 0.780. The van der Waals surface area contributed by atoms with Gasteiger partial charge in [0.1, 0.15) is 0 Å². The molecule has 3 aromatic rings. The summed E-state index contributed by atoms with van der Waals surface area (Å²) in [6, 6.07) is 14.9. The Hall–Kier alpha value is -2.59. The average molecular weight is 327 g/mol. The van der Waals surface area contributed by atoms with Crippen molar-refractivity contribution >= 4 is 17.5 Å². The molecule has 116 valence electrons. The molecule has 0 aliphatic carbocycles. The summed E-state index contributed by atoms with van der Waals surface area (Å²) in [5.74, 6) is 0.916. The molecule has 1 aromatic heterocycles. The van der Waals surface area contributed by atoms with Gasteiger partial charge in [-0.05, 0) is 30.7 Å². The molecule has 1 N–H and O–H groups in total. The molecule has 0 aliphatic heterocycles. The van der Waals surface area contributed by atoms with E-state index in [1.165, 1.54) is 0 Å². The van der Waals surface area contributed by atoms with Crippen LogP contribution in [0.15, 0.2) is 59.1 Å². The molecule has 0 bridgehead atoms. The highest BCUT2D eigenvalue weighted by molar-refractivity contribution is 6.31. The van der Waals surface area contributed by atoms with Gasteiger partial charge in [0.2, 0.25) is 5.89 Å². The maximum atomic E-state index is 12.2. The molecular formula is C18H15ClN2O2. The minimum atomic E-state index is -0.213. The zero-order chi connectivity index (χ0) is 16.2. The lowest BCUT2D eigenvalue weighted by Gasteiger charge is -2.04. The van der Waals surface area contributed by atoms with Crippen LogP contribution in [0.4, 0.5) is 0 Å². The molecule has 0 fully saturated rings. The Morgan fingerprint density at radius 2 is 2.00 bits per heavy atom. The van der Waals surface area contributed by atoms with Gasteiger partial charge in [0.15, 0.2) is 5.76 Å². The summed E-state index contributed by atoms with van der Waals surface area (Å²) in [7, 11) is 0. The van der Waals surface area contributed by atoms with E-state index in [1.807, 2.05) is 37.3 Å². The molecule has 0 unspecified atom stereocenters. The van der Waals surface area contributed by atoms with Gasteiger partial charge in [-0.2, -0.15) is 0 Å². The number of carbonyl (C=O) groups excluding carboxylic acids is 1. The van der Waals surface area contributed by atoms with Gasteiger partial charge in [-0.1, -0.05) is 41.9 Å². The highest BCUT2D eigenvalue weighted by Gasteiger charge is 2.10. The van der Waals surface area contributed by atoms with E-state index in [1.54, 1.807) is 24.4 Å². The third kappa shape index (κ3) is 3.79. The van der Waals surface area contributed by atoms with Crippen molar-refractivity contribution in [1.29, 1.82) is 0 Å². The van der Waals surface area contributed by atoms with E-state index in [9.17, 15) is 4.79 Å². The van der Waals surface area contributed by atoms with E-state index < -0.39 is 0 Å². The highest BCUT2D eigenvalue weighted by Crippen LogP contribution is 2.20. The Bertz CT molecular complexity index is 808. The number of halogens is 1. The van der Waals surface area contributed by atoms with Gasteiger partial charge in [0.25, 0.3) is 5.91 Å². The maximum absolute atomic E-state index is 12.2. The fourth-order valence-corrected chi connectivity index (χ4v) is 2.54. The number of nitrogens with zero attached hydrogens (tertiary/aromatic N) is 1. The van der Waals surface area contributed by atoms with E-state index in [4.69, 9.17) is 16.0 Å². The number of aryl methyl sites for hydroxylation is 1. The third-order valence-corrected chi connectivity index (χ3v) is 3.53. The van der Waals surface area contributed by atoms with E-state index >= 15 is 0 Å². The Labute approximate surface area is 139 Å². The van der Waals surface area contributed by atoms with Crippen molar-refractivity contribution < 1.29 is 9.21 Å². The lowest BCUT2D eigenvalue weighted by molar-refractivity contribution is 0.0947. The molecule has 0 saturated heterocycles. The number of rotatable bonds is 4. The van der Waals surface area contributed by atoms with Crippen LogP contribution in [0.2, 0.25) is 5.02 Å². The van der Waals surface area contributed by atoms with Gasteiger partial charge in [-0.15, -0.1) is 0 Å². The van der Waals surface area contributed by atoms with Crippen LogP contribution in [0, 0.1) is 6.92 Å². The first kappa shape index (κ1) is 15.3. The largest absolute Gasteiger partial charge is 0.439 e. The summed E-state index contributed by atoms with van der Waals surface area (Å²) in [5, 5.41) is 3.32. The van der Waals surface area contributed by atoms with Crippen molar-refractivity contribution in [3.8, 4) is 11.3 Å². The van der Waals surface area contributed by atoms with Gasteiger partial charge in [0, 0.05) is 16.1 Å². The number of nitrogens with one attached hydrogen (secondary N) is 1. The molecule has 1 amide bonds. The van der Waals surface area contributed by atoms with Crippen molar-refractivity contribution in [3.63, 3.8) is 0 Å². The fourth-order valence-electron chi connectivity index (χ4n) is 2.25. The topological polar surface area (TPSA) is 55.1 Å². The second-order valence-electron chi connectivity index (χ2n) is 5.18. The van der Waals surface area contributed by atoms with Crippen LogP contribution in [-0.2, 0) is 6.54 Å². The second kappa shape index (κ2) is 6.67. The monoisotopic (exact) mass is 326 g/mol. The van der Waals surface area contributed by atoms with Crippen LogP contribution in [0.25, 0.3) is 11.3 Å². The lowest BCUT2D eigenvalue weighted by Crippen LogP contribution is -2.23. The summed E-state index contributed by atoms with van der Waals surface area (Å²) in [4.78, 5) is 16.3. The summed E-state index contributed by atoms with van der Waals surface area (Å²) >= 11 is 5.97. The van der Waals surface area contributed by atoms with Crippen LogP contribution in [-0.4, -0.2) is 10.9 Å². The molecular weight excluding hydrogens is 312 g/mol. The smallest absolute Gasteiger partial charge is 0.251 e. The van der Waals surface area contributed by atoms with Crippen LogP contribution in [0.5, 0.6) is 0 Å². The number of hydrogen-bond acceptors (Lipinski definition) is 3. The molecule has 2 aromatic carbocycles. The van der Waals surface area contributed by atoms with Gasteiger partial charge < -0.3 is 9.73 Å². The lowest BCUT2D eigenvalue weighted by atomic mass is 10.1. The number of oxazole rings is 1. The zero-order valence-corrected chi connectivity index (χ0v) is 13.3. The Kier molecular flexibility index (Phi) is 4.44. The minimum Gasteiger partial charge on any atom is -0.439 e. The molecule has 0 saturated carbocycles. The molecule has 4 nitrogen and oxygen atoms in total. The van der Waals surface area contributed by atoms with E-state index in [-0.39, 0.29) is 12.5 Å². The second-order valence-corrected chi connectivity index (χ2v) is 5.62. The molecule has 0 radical (unpaired) electrons. The van der Waals surface area contributed by atoms with Crippen molar-refractivity contribution in [3.05, 3.63) is 76.8 Å². The molecule has 0 aliphatic rings. The molecule has 0 atom stereocenters. The number of amides is 1. The summed E-state index contributed by atoms with van der Waals surface area (Å²) in [6.07, 6.45) is 1.65. The summed E-state index contributed by atoms with van der Waals surface area (Å²) in [6.45, 7) is 2.11. The zero-order valence-electron chi connectivity index (χ0n) is 12.5. The molecule has 23 heavy (non-hydrogen) atoms. The minimum absolute atomic E-state index is 0.213. The Balaban J connectivity index is 1.67. The third-order valence-electron chi connectivity index (χ3n) is 3.32. The molecule has 1 heterocycles. The summed E-state index contributed by atoms with van der Waals surface area (Å²) in [5.41, 5.74) is 2.40. The van der Waals surface area contributed by atoms with E-state index in [0.717, 1.165) is 11.1 Å². The maximum Gasteiger partial charge on any atom is 0.251 e. The van der Waals surface area contributed by atoms with Crippen molar-refractivity contribution in [2.75, 3.05) is 0 Å². The van der Waals surface area contributed by atoms with Crippen molar-refractivity contribution in [2.24, 2.45) is 0 Å². The number of hydrogen-bond donors (Lipinski definition) is 1. The van der Waals surface area contributed by atoms with Gasteiger partial charge in [-0.3, -0.25) is 4.79 Å². The molecule has 3 rings (SSSR count). The number of aromatic nitrogens is 1. The van der Waals surface area contributed by atoms with Crippen LogP contribution >= 0.6 is 11.6 Å². The normalized spacial score (nSPS) is 10.5. The van der Waals surface area contributed by atoms with Crippen molar-refractivity contribution in [2.45, 2.75) is 13.5 Å². The highest BCUT2D eigenvalue weighted by atomic mass is 35.5. The molecule has 0 spiro atoms. The van der Waals surface area contributed by atoms with Gasteiger partial charge >= 0.3 is 0 Å². The molecule has 5 heteroatoms. The Morgan fingerprint density at radius 1 is 1.22 bits per heavy atom. The van der Waals surface area contributed by atoms with Crippen LogP contribution in [0.1, 0.15) is 21.8 Å². The number of benzene rings is 2. The van der Waals surface area contributed by atoms with E-state index in [2.05, 4.69) is 10.3 Å². The first-order valence-electron chi connectivity index (χ1n) is 7.17. The number of carbonyl (C=O) groups is 1. The first-order valence-corrected chi connectivity index (χ1v) is 7.55. The van der Waals surface area contributed by atoms with Crippen LogP contribution < -0.4 is 5.32 Å². The predicted octanol–water partition coefficient (Wildman–Crippen LogP) is 4.23. The van der Waals surface area contributed by atoms with Gasteiger partial charge in [0.05, 0.1) is 12.7 Å². The first-order chi connectivity index (χ1) is 11.1. The standard InChI is InChI=1S/C18H15ClN2O2/c1-12-7-14(9-15(19)8-12)18(22)21-11-17-20-10-16(23-17)13-5-3-2-4-6-13/h2-10H,11H2,1H3,(H,21,22). The van der Waals surface area contributed by atoms with Crippen molar-refractivity contribution in [1.82, 2.24) is 10.3 Å². The van der Waals surface area contributed by atoms with E-state index in [0.29, 0.717) is 22.2 Å². The Morgan fingerprint density at radius 3 is 2.74 bits per heavy atom. The average Bonchev–Trinajstić information content (AvgIpc) is 3.01. The predicted molar refractivity (Wildman–Crippen MR) is 89.3 cm³/mol. The van der Waals surface area contributed by atoms with Gasteiger partial charge in [-0.25, -0.2) is 4.98 Å². The fraction of sp³-hybridized carbons (Fsp3) is 0.111. The van der Waals surface area contributed by atoms with Crippen LogP contribution in [0.3, 0.4) is 0 Å². The summed E-state index contributed by atoms with van der Waals surface area (Å²) < 4.78 is 5.65. The SMILES string of the molecule is Cc1cc(Cl)cc(C(=O)NCc2ncc(-c3ccccc3)o2)c1.